The third-order valence-electron chi connectivity index (χ3n) is 1.83. The molecule has 0 aliphatic heterocycles. The molecule has 0 aliphatic carbocycles. The lowest BCUT2D eigenvalue weighted by molar-refractivity contribution is -0.139. The molecule has 0 atom stereocenters. The molecule has 0 fully saturated rings. The molecule has 6 heteroatoms. The zero-order valence-corrected chi connectivity index (χ0v) is 7.30. The van der Waals surface area contributed by atoms with E-state index in [1.165, 1.54) is 12.4 Å². The molecule has 0 bridgehead atoms. The molecule has 0 aliphatic rings. The quantitative estimate of drug-likeness (QED) is 0.637. The van der Waals surface area contributed by atoms with Crippen LogP contribution < -0.4 is 0 Å². The Labute approximate surface area is 79.6 Å². The van der Waals surface area contributed by atoms with Gasteiger partial charge in [0.2, 0.25) is 0 Å². The van der Waals surface area contributed by atoms with Crippen LogP contribution >= 0.6 is 0 Å². The zero-order chi connectivity index (χ0) is 10.6. The Bertz CT molecular complexity index is 304. The molecule has 1 rings (SSSR count). The normalized spacial score (nSPS) is 10.4. The van der Waals surface area contributed by atoms with E-state index in [-0.39, 0.29) is 12.8 Å². The molecule has 0 saturated carbocycles. The van der Waals surface area contributed by atoms with Crippen LogP contribution in [-0.2, 0) is 9.59 Å². The Morgan fingerprint density at radius 1 is 1.36 bits per heavy atom. The van der Waals surface area contributed by atoms with Crippen molar-refractivity contribution in [2.45, 2.75) is 18.8 Å². The van der Waals surface area contributed by atoms with Gasteiger partial charge in [-0.25, -0.2) is 0 Å². The number of nitrogens with one attached hydrogen (secondary N) is 1. The lowest BCUT2D eigenvalue weighted by Gasteiger charge is -2.08. The van der Waals surface area contributed by atoms with Gasteiger partial charge in [-0.05, 0) is 5.56 Å². The van der Waals surface area contributed by atoms with Crippen molar-refractivity contribution in [3.05, 3.63) is 18.0 Å². The van der Waals surface area contributed by atoms with Crippen LogP contribution in [0.1, 0.15) is 24.3 Å². The fourth-order valence-corrected chi connectivity index (χ4v) is 1.21. The predicted octanol–water partition coefficient (Wildman–Crippen LogP) is 0.443. The van der Waals surface area contributed by atoms with Crippen LogP contribution in [0.15, 0.2) is 12.4 Å². The van der Waals surface area contributed by atoms with Crippen molar-refractivity contribution in [1.29, 1.82) is 0 Å². The number of carboxylic acid groups (broad SMARTS) is 2. The standard InChI is InChI=1S/C8H10N2O4/c11-7(12)1-5(2-8(13)14)6-3-9-10-4-6/h3-5H,1-2H2,(H,9,10)(H,11,12)(H,13,14). The first-order chi connectivity index (χ1) is 6.59. The summed E-state index contributed by atoms with van der Waals surface area (Å²) in [7, 11) is 0. The first kappa shape index (κ1) is 10.2. The van der Waals surface area contributed by atoms with Crippen molar-refractivity contribution in [3.63, 3.8) is 0 Å². The maximum Gasteiger partial charge on any atom is 0.303 e. The minimum atomic E-state index is -1.02. The molecule has 14 heavy (non-hydrogen) atoms. The summed E-state index contributed by atoms with van der Waals surface area (Å²) in [5, 5.41) is 23.3. The zero-order valence-electron chi connectivity index (χ0n) is 7.30. The molecular weight excluding hydrogens is 188 g/mol. The van der Waals surface area contributed by atoms with E-state index in [9.17, 15) is 9.59 Å². The Morgan fingerprint density at radius 3 is 2.29 bits per heavy atom. The number of aromatic amines is 1. The van der Waals surface area contributed by atoms with Gasteiger partial charge in [0, 0.05) is 12.1 Å². The predicted molar refractivity (Wildman–Crippen MR) is 45.8 cm³/mol. The Morgan fingerprint density at radius 2 is 1.93 bits per heavy atom. The van der Waals surface area contributed by atoms with Crippen molar-refractivity contribution >= 4 is 11.9 Å². The van der Waals surface area contributed by atoms with Crippen molar-refractivity contribution in [3.8, 4) is 0 Å². The SMILES string of the molecule is O=C(O)CC(CC(=O)O)c1cn[nH]c1. The molecule has 0 amide bonds. The second-order valence-electron chi connectivity index (χ2n) is 2.92. The summed E-state index contributed by atoms with van der Waals surface area (Å²) in [5.74, 6) is -2.56. The van der Waals surface area contributed by atoms with Crippen molar-refractivity contribution in [2.24, 2.45) is 0 Å². The number of rotatable bonds is 5. The number of aliphatic carboxylic acids is 2. The first-order valence-electron chi connectivity index (χ1n) is 4.02. The van der Waals surface area contributed by atoms with Crippen molar-refractivity contribution < 1.29 is 19.8 Å². The van der Waals surface area contributed by atoms with E-state index in [4.69, 9.17) is 10.2 Å². The van der Waals surface area contributed by atoms with Gasteiger partial charge in [0.05, 0.1) is 19.0 Å². The average Bonchev–Trinajstić information content (AvgIpc) is 2.52. The second kappa shape index (κ2) is 4.40. The molecule has 1 heterocycles. The summed E-state index contributed by atoms with van der Waals surface area (Å²) in [6, 6.07) is 0. The summed E-state index contributed by atoms with van der Waals surface area (Å²) in [6.45, 7) is 0. The highest BCUT2D eigenvalue weighted by Crippen LogP contribution is 2.22. The largest absolute Gasteiger partial charge is 0.481 e. The summed E-state index contributed by atoms with van der Waals surface area (Å²) in [6.07, 6.45) is 2.55. The highest BCUT2D eigenvalue weighted by Gasteiger charge is 2.19. The van der Waals surface area contributed by atoms with Gasteiger partial charge in [-0.15, -0.1) is 0 Å². The van der Waals surface area contributed by atoms with Crippen LogP contribution in [0.5, 0.6) is 0 Å². The lowest BCUT2D eigenvalue weighted by Crippen LogP contribution is -2.10. The van der Waals surface area contributed by atoms with Gasteiger partial charge in [-0.3, -0.25) is 14.7 Å². The van der Waals surface area contributed by atoms with Gasteiger partial charge < -0.3 is 10.2 Å². The number of aromatic nitrogens is 2. The fraction of sp³-hybridized carbons (Fsp3) is 0.375. The van der Waals surface area contributed by atoms with Crippen LogP contribution in [-0.4, -0.2) is 32.3 Å². The molecule has 0 aromatic carbocycles. The average molecular weight is 198 g/mol. The lowest BCUT2D eigenvalue weighted by atomic mass is 9.95. The number of nitrogens with zero attached hydrogens (tertiary/aromatic N) is 1. The topological polar surface area (TPSA) is 103 Å². The van der Waals surface area contributed by atoms with Crippen LogP contribution in [0.3, 0.4) is 0 Å². The van der Waals surface area contributed by atoms with Gasteiger partial charge in [0.1, 0.15) is 0 Å². The van der Waals surface area contributed by atoms with Gasteiger partial charge in [-0.2, -0.15) is 5.10 Å². The van der Waals surface area contributed by atoms with E-state index >= 15 is 0 Å². The Kier molecular flexibility index (Phi) is 3.22. The Balaban J connectivity index is 2.71. The smallest absolute Gasteiger partial charge is 0.303 e. The van der Waals surface area contributed by atoms with Gasteiger partial charge in [-0.1, -0.05) is 0 Å². The number of carboxylic acids is 2. The van der Waals surface area contributed by atoms with Gasteiger partial charge >= 0.3 is 11.9 Å². The number of hydrogen-bond donors (Lipinski definition) is 3. The van der Waals surface area contributed by atoms with E-state index in [0.29, 0.717) is 5.56 Å². The van der Waals surface area contributed by atoms with Gasteiger partial charge in [0.25, 0.3) is 0 Å². The third kappa shape index (κ3) is 2.89. The molecule has 1 aromatic heterocycles. The summed E-state index contributed by atoms with van der Waals surface area (Å²) >= 11 is 0. The molecule has 0 radical (unpaired) electrons. The molecule has 0 spiro atoms. The van der Waals surface area contributed by atoms with Gasteiger partial charge in [0.15, 0.2) is 0 Å². The second-order valence-corrected chi connectivity index (χ2v) is 2.92. The summed E-state index contributed by atoms with van der Waals surface area (Å²) in [5.41, 5.74) is 0.606. The molecule has 3 N–H and O–H groups in total. The first-order valence-corrected chi connectivity index (χ1v) is 4.02. The summed E-state index contributed by atoms with van der Waals surface area (Å²) in [4.78, 5) is 20.9. The molecule has 0 saturated heterocycles. The maximum absolute atomic E-state index is 10.5. The highest BCUT2D eigenvalue weighted by atomic mass is 16.4. The van der Waals surface area contributed by atoms with E-state index in [1.807, 2.05) is 0 Å². The molecule has 76 valence electrons. The maximum atomic E-state index is 10.5. The minimum absolute atomic E-state index is 0.203. The minimum Gasteiger partial charge on any atom is -0.481 e. The Hall–Kier alpha value is -1.85. The third-order valence-corrected chi connectivity index (χ3v) is 1.83. The van der Waals surface area contributed by atoms with Crippen LogP contribution in [0.25, 0.3) is 0 Å². The van der Waals surface area contributed by atoms with E-state index in [1.54, 1.807) is 0 Å². The van der Waals surface area contributed by atoms with Crippen LogP contribution in [0.2, 0.25) is 0 Å². The van der Waals surface area contributed by atoms with Crippen LogP contribution in [0.4, 0.5) is 0 Å². The molecule has 1 aromatic rings. The van der Waals surface area contributed by atoms with E-state index in [2.05, 4.69) is 10.2 Å². The molecule has 0 unspecified atom stereocenters. The van der Waals surface area contributed by atoms with Crippen molar-refractivity contribution in [1.82, 2.24) is 10.2 Å². The van der Waals surface area contributed by atoms with Crippen molar-refractivity contribution in [2.75, 3.05) is 0 Å². The number of carbonyl (C=O) groups is 2. The number of H-pyrrole nitrogens is 1. The molecular formula is C8H10N2O4. The fourth-order valence-electron chi connectivity index (χ4n) is 1.21. The van der Waals surface area contributed by atoms with E-state index < -0.39 is 17.9 Å². The highest BCUT2D eigenvalue weighted by molar-refractivity contribution is 5.72. The van der Waals surface area contributed by atoms with E-state index in [0.717, 1.165) is 0 Å². The molecule has 6 nitrogen and oxygen atoms in total. The van der Waals surface area contributed by atoms with Crippen LogP contribution in [0, 0.1) is 0 Å². The number of hydrogen-bond acceptors (Lipinski definition) is 3. The monoisotopic (exact) mass is 198 g/mol. The summed E-state index contributed by atoms with van der Waals surface area (Å²) < 4.78 is 0.